The average molecular weight is 216 g/mol. The molecule has 0 unspecified atom stereocenters. The van der Waals surface area contributed by atoms with Crippen molar-refractivity contribution < 1.29 is 0 Å². The topological polar surface area (TPSA) is 61.1 Å². The molecule has 84 valence electrons. The predicted molar refractivity (Wildman–Crippen MR) is 66.7 cm³/mol. The minimum Gasteiger partial charge on any atom is -0.346 e. The van der Waals surface area contributed by atoms with Crippen LogP contribution in [-0.2, 0) is 6.54 Å². The van der Waals surface area contributed by atoms with Gasteiger partial charge < -0.3 is 10.7 Å². The van der Waals surface area contributed by atoms with Crippen molar-refractivity contribution in [3.05, 3.63) is 42.4 Å². The molecular weight excluding hydrogens is 200 g/mol. The maximum atomic E-state index is 7.55. The molecule has 1 rings (SSSR count). The van der Waals surface area contributed by atoms with Crippen molar-refractivity contribution in [1.29, 1.82) is 5.41 Å². The first kappa shape index (κ1) is 12.1. The summed E-state index contributed by atoms with van der Waals surface area (Å²) in [5.41, 5.74) is 1.45. The highest BCUT2D eigenvalue weighted by Crippen LogP contribution is 1.98. The van der Waals surface area contributed by atoms with Gasteiger partial charge in [-0.3, -0.25) is 9.98 Å². The van der Waals surface area contributed by atoms with E-state index in [0.717, 1.165) is 5.56 Å². The van der Waals surface area contributed by atoms with Crippen LogP contribution in [0, 0.1) is 5.41 Å². The first-order valence-corrected chi connectivity index (χ1v) is 5.10. The molecule has 2 N–H and O–H groups in total. The van der Waals surface area contributed by atoms with E-state index in [2.05, 4.69) is 15.3 Å². The summed E-state index contributed by atoms with van der Waals surface area (Å²) in [4.78, 5) is 8.33. The molecular formula is C12H16N4. The van der Waals surface area contributed by atoms with Gasteiger partial charge in [0.05, 0.1) is 12.3 Å². The molecule has 1 aromatic heterocycles. The van der Waals surface area contributed by atoms with Gasteiger partial charge >= 0.3 is 0 Å². The lowest BCUT2D eigenvalue weighted by Crippen LogP contribution is -2.24. The molecule has 0 aliphatic heterocycles. The van der Waals surface area contributed by atoms with Gasteiger partial charge in [-0.2, -0.15) is 0 Å². The Kier molecular flexibility index (Phi) is 4.92. The normalized spacial score (nSPS) is 11.8. The number of nitrogens with zero attached hydrogens (tertiary/aromatic N) is 2. The van der Waals surface area contributed by atoms with Crippen molar-refractivity contribution in [2.45, 2.75) is 20.4 Å². The number of nitrogens with one attached hydrogen (secondary N) is 2. The van der Waals surface area contributed by atoms with Crippen LogP contribution in [0.3, 0.4) is 0 Å². The second-order valence-electron chi connectivity index (χ2n) is 3.30. The Hall–Kier alpha value is -1.97. The molecule has 1 heterocycles. The first-order valence-electron chi connectivity index (χ1n) is 5.10. The fourth-order valence-electron chi connectivity index (χ4n) is 1.10. The summed E-state index contributed by atoms with van der Waals surface area (Å²) in [6.45, 7) is 4.15. The van der Waals surface area contributed by atoms with Gasteiger partial charge in [-0.25, -0.2) is 0 Å². The van der Waals surface area contributed by atoms with Crippen molar-refractivity contribution in [3.63, 3.8) is 0 Å². The van der Waals surface area contributed by atoms with Crippen molar-refractivity contribution in [2.24, 2.45) is 4.99 Å². The smallest absolute Gasteiger partial charge is 0.146 e. The van der Waals surface area contributed by atoms with E-state index in [1.54, 1.807) is 25.5 Å². The summed E-state index contributed by atoms with van der Waals surface area (Å²) >= 11 is 0. The van der Waals surface area contributed by atoms with Crippen molar-refractivity contribution in [1.82, 2.24) is 10.3 Å². The molecule has 0 atom stereocenters. The van der Waals surface area contributed by atoms with Crippen LogP contribution < -0.4 is 5.32 Å². The number of rotatable bonds is 4. The van der Waals surface area contributed by atoms with Crippen molar-refractivity contribution >= 4 is 11.5 Å². The number of hydrogen-bond donors (Lipinski definition) is 2. The van der Waals surface area contributed by atoms with Crippen LogP contribution >= 0.6 is 0 Å². The number of aromatic nitrogens is 1. The molecule has 0 aromatic carbocycles. The fourth-order valence-corrected chi connectivity index (χ4v) is 1.10. The number of allylic oxidation sites excluding steroid dienone is 1. The van der Waals surface area contributed by atoms with Gasteiger partial charge in [-0.15, -0.1) is 0 Å². The molecule has 0 spiro atoms. The van der Waals surface area contributed by atoms with Gasteiger partial charge in [-0.1, -0.05) is 12.1 Å². The number of pyridine rings is 1. The quantitative estimate of drug-likeness (QED) is 0.598. The minimum absolute atomic E-state index is 0.419. The highest BCUT2D eigenvalue weighted by molar-refractivity contribution is 6.39. The van der Waals surface area contributed by atoms with Crippen LogP contribution in [-0.4, -0.2) is 16.5 Å². The zero-order chi connectivity index (χ0) is 11.8. The Bertz CT molecular complexity index is 393. The second-order valence-corrected chi connectivity index (χ2v) is 3.30. The van der Waals surface area contributed by atoms with Gasteiger partial charge in [0, 0.05) is 12.4 Å². The lowest BCUT2D eigenvalue weighted by atomic mass is 10.3. The van der Waals surface area contributed by atoms with Gasteiger partial charge in [0.1, 0.15) is 5.84 Å². The zero-order valence-electron chi connectivity index (χ0n) is 9.57. The molecule has 0 bridgehead atoms. The Balaban J connectivity index is 2.68. The summed E-state index contributed by atoms with van der Waals surface area (Å²) in [7, 11) is 0. The highest BCUT2D eigenvalue weighted by atomic mass is 15.0. The summed E-state index contributed by atoms with van der Waals surface area (Å²) in [5.74, 6) is 0.585. The largest absolute Gasteiger partial charge is 0.346 e. The van der Waals surface area contributed by atoms with Gasteiger partial charge in [-0.05, 0) is 31.7 Å². The van der Waals surface area contributed by atoms with E-state index in [-0.39, 0.29) is 0 Å². The third-order valence-electron chi connectivity index (χ3n) is 1.88. The molecule has 0 aliphatic carbocycles. The van der Waals surface area contributed by atoms with Crippen molar-refractivity contribution in [3.8, 4) is 0 Å². The van der Waals surface area contributed by atoms with E-state index in [4.69, 9.17) is 5.41 Å². The minimum atomic E-state index is 0.419. The van der Waals surface area contributed by atoms with Crippen LogP contribution in [0.4, 0.5) is 0 Å². The fraction of sp³-hybridized carbons (Fsp3) is 0.250. The Morgan fingerprint density at radius 1 is 1.62 bits per heavy atom. The number of amidine groups is 1. The van der Waals surface area contributed by atoms with Crippen LogP contribution in [0.5, 0.6) is 0 Å². The van der Waals surface area contributed by atoms with E-state index < -0.39 is 0 Å². The van der Waals surface area contributed by atoms with Crippen LogP contribution in [0.15, 0.2) is 41.8 Å². The monoisotopic (exact) mass is 216 g/mol. The molecule has 0 radical (unpaired) electrons. The average Bonchev–Trinajstić information content (AvgIpc) is 2.30. The van der Waals surface area contributed by atoms with Crippen LogP contribution in [0.25, 0.3) is 0 Å². The first-order chi connectivity index (χ1) is 7.74. The third kappa shape index (κ3) is 4.04. The molecule has 0 aliphatic rings. The summed E-state index contributed by atoms with van der Waals surface area (Å²) < 4.78 is 0. The van der Waals surface area contributed by atoms with Crippen LogP contribution in [0.2, 0.25) is 0 Å². The summed E-state index contributed by atoms with van der Waals surface area (Å²) in [5, 5.41) is 10.5. The zero-order valence-corrected chi connectivity index (χ0v) is 9.57. The van der Waals surface area contributed by atoms with Gasteiger partial charge in [0.2, 0.25) is 0 Å². The third-order valence-corrected chi connectivity index (χ3v) is 1.88. The molecule has 0 saturated carbocycles. The molecule has 4 nitrogen and oxygen atoms in total. The molecule has 16 heavy (non-hydrogen) atoms. The number of aliphatic imine (C=N–C) groups is 1. The van der Waals surface area contributed by atoms with Crippen molar-refractivity contribution in [2.75, 3.05) is 0 Å². The second kappa shape index (κ2) is 6.50. The van der Waals surface area contributed by atoms with E-state index in [1.165, 1.54) is 0 Å². The van der Waals surface area contributed by atoms with E-state index in [9.17, 15) is 0 Å². The lowest BCUT2D eigenvalue weighted by Gasteiger charge is -2.04. The summed E-state index contributed by atoms with van der Waals surface area (Å²) in [6, 6.07) is 3.84. The van der Waals surface area contributed by atoms with E-state index in [0.29, 0.717) is 18.1 Å². The summed E-state index contributed by atoms with van der Waals surface area (Å²) in [6.07, 6.45) is 7.13. The van der Waals surface area contributed by atoms with Gasteiger partial charge in [0.15, 0.2) is 0 Å². The van der Waals surface area contributed by atoms with Gasteiger partial charge in [0.25, 0.3) is 0 Å². The molecule has 0 saturated heterocycles. The standard InChI is InChI=1S/C12H16N4/c1-3-6-15-12(10(2)13)16-9-11-5-4-7-14-8-11/h3-8,13H,9H2,1-2H3,(H,15,16)/b6-3-,13-10?. The Morgan fingerprint density at radius 3 is 3.00 bits per heavy atom. The molecule has 1 aromatic rings. The molecule has 4 heteroatoms. The van der Waals surface area contributed by atoms with E-state index >= 15 is 0 Å². The SMILES string of the molecule is C/C=C\NC(=NCc1cccnc1)C(C)=N. The predicted octanol–water partition coefficient (Wildman–Crippen LogP) is 2.14. The lowest BCUT2D eigenvalue weighted by molar-refractivity contribution is 1.03. The Labute approximate surface area is 95.6 Å². The Morgan fingerprint density at radius 2 is 2.44 bits per heavy atom. The molecule has 0 fully saturated rings. The maximum absolute atomic E-state index is 7.55. The maximum Gasteiger partial charge on any atom is 0.146 e. The van der Waals surface area contributed by atoms with Crippen LogP contribution in [0.1, 0.15) is 19.4 Å². The highest BCUT2D eigenvalue weighted by Gasteiger charge is 1.98. The van der Waals surface area contributed by atoms with E-state index in [1.807, 2.05) is 25.1 Å². The number of hydrogen-bond acceptors (Lipinski definition) is 3. The molecule has 0 amide bonds.